The highest BCUT2D eigenvalue weighted by atomic mass is 19.1. The van der Waals surface area contributed by atoms with Crippen molar-refractivity contribution in [2.24, 2.45) is 4.99 Å². The van der Waals surface area contributed by atoms with Gasteiger partial charge in [0.15, 0.2) is 5.96 Å². The summed E-state index contributed by atoms with van der Waals surface area (Å²) >= 11 is 0. The van der Waals surface area contributed by atoms with Gasteiger partial charge in [0.25, 0.3) is 0 Å². The molecule has 0 amide bonds. The maximum absolute atomic E-state index is 13.5. The molecular weight excluding hydrogens is 286 g/mol. The number of nitrogens with one attached hydrogen (secondary N) is 2. The number of guanidine groups is 1. The molecule has 0 heterocycles. The van der Waals surface area contributed by atoms with Crippen LogP contribution in [-0.4, -0.2) is 43.6 Å². The van der Waals surface area contributed by atoms with E-state index in [9.17, 15) is 8.78 Å². The molecule has 0 saturated heterocycles. The zero-order chi connectivity index (χ0) is 16.5. The van der Waals surface area contributed by atoms with E-state index in [0.717, 1.165) is 31.8 Å². The van der Waals surface area contributed by atoms with Crippen LogP contribution in [0.1, 0.15) is 26.3 Å². The minimum absolute atomic E-state index is 0.185. The fraction of sp³-hybridized carbons (Fsp3) is 0.562. The van der Waals surface area contributed by atoms with E-state index in [0.29, 0.717) is 12.0 Å². The Bertz CT molecular complexity index is 489. The molecule has 6 heteroatoms. The quantitative estimate of drug-likeness (QED) is 0.600. The molecule has 4 nitrogen and oxygen atoms in total. The Kier molecular flexibility index (Phi) is 7.80. The zero-order valence-corrected chi connectivity index (χ0v) is 13.8. The van der Waals surface area contributed by atoms with E-state index in [2.05, 4.69) is 41.3 Å². The molecule has 0 radical (unpaired) electrons. The molecule has 1 aromatic carbocycles. The second-order valence-electron chi connectivity index (χ2n) is 5.31. The van der Waals surface area contributed by atoms with Crippen molar-refractivity contribution in [2.45, 2.75) is 33.4 Å². The first-order chi connectivity index (χ1) is 10.5. The number of hydrogen-bond donors (Lipinski definition) is 2. The van der Waals surface area contributed by atoms with Gasteiger partial charge in [0.05, 0.1) is 0 Å². The zero-order valence-electron chi connectivity index (χ0n) is 13.8. The molecule has 1 rings (SSSR count). The Balaban J connectivity index is 2.44. The summed E-state index contributed by atoms with van der Waals surface area (Å²) in [6.07, 6.45) is 0. The van der Waals surface area contributed by atoms with Gasteiger partial charge in [0.2, 0.25) is 0 Å². The highest BCUT2D eigenvalue weighted by Gasteiger charge is 2.08. The van der Waals surface area contributed by atoms with E-state index < -0.39 is 11.6 Å². The molecule has 0 aliphatic carbocycles. The van der Waals surface area contributed by atoms with Crippen LogP contribution in [0.4, 0.5) is 8.78 Å². The van der Waals surface area contributed by atoms with Crippen LogP contribution < -0.4 is 10.6 Å². The number of halogens is 2. The molecule has 0 aromatic heterocycles. The van der Waals surface area contributed by atoms with Crippen molar-refractivity contribution < 1.29 is 8.78 Å². The number of benzene rings is 1. The van der Waals surface area contributed by atoms with Crippen molar-refractivity contribution in [3.8, 4) is 0 Å². The maximum Gasteiger partial charge on any atom is 0.191 e. The molecule has 0 atom stereocenters. The van der Waals surface area contributed by atoms with Crippen LogP contribution in [0.5, 0.6) is 0 Å². The van der Waals surface area contributed by atoms with E-state index in [4.69, 9.17) is 0 Å². The van der Waals surface area contributed by atoms with Crippen molar-refractivity contribution in [2.75, 3.05) is 26.7 Å². The molecule has 2 N–H and O–H groups in total. The Hall–Kier alpha value is -1.69. The average Bonchev–Trinajstić information content (AvgIpc) is 2.49. The summed E-state index contributed by atoms with van der Waals surface area (Å²) < 4.78 is 26.7. The van der Waals surface area contributed by atoms with Crippen LogP contribution in [0.15, 0.2) is 23.2 Å². The predicted octanol–water partition coefficient (Wildman–Crippen LogP) is 2.36. The lowest BCUT2D eigenvalue weighted by Gasteiger charge is -2.25. The summed E-state index contributed by atoms with van der Waals surface area (Å²) in [6, 6.07) is 3.91. The van der Waals surface area contributed by atoms with Crippen LogP contribution in [-0.2, 0) is 6.54 Å². The van der Waals surface area contributed by atoms with E-state index in [1.54, 1.807) is 7.05 Å². The summed E-state index contributed by atoms with van der Waals surface area (Å²) in [5.74, 6) is -0.304. The highest BCUT2D eigenvalue weighted by Crippen LogP contribution is 2.09. The van der Waals surface area contributed by atoms with Crippen molar-refractivity contribution in [3.05, 3.63) is 35.4 Å². The van der Waals surface area contributed by atoms with Crippen molar-refractivity contribution >= 4 is 5.96 Å². The fourth-order valence-electron chi connectivity index (χ4n) is 2.18. The van der Waals surface area contributed by atoms with Gasteiger partial charge >= 0.3 is 0 Å². The number of aliphatic imine (C=N–C) groups is 1. The average molecular weight is 312 g/mol. The Morgan fingerprint density at radius 2 is 2.00 bits per heavy atom. The van der Waals surface area contributed by atoms with Gasteiger partial charge in [0.1, 0.15) is 11.6 Å². The first-order valence-electron chi connectivity index (χ1n) is 7.60. The first-order valence-corrected chi connectivity index (χ1v) is 7.60. The van der Waals surface area contributed by atoms with E-state index in [1.165, 1.54) is 6.07 Å². The molecule has 0 fully saturated rings. The molecule has 124 valence electrons. The highest BCUT2D eigenvalue weighted by molar-refractivity contribution is 5.79. The SMILES string of the molecule is CCN(CCNC(=NC)NCc1cc(F)ccc1F)C(C)C. The predicted molar refractivity (Wildman–Crippen MR) is 86.9 cm³/mol. The first kappa shape index (κ1) is 18.4. The normalized spacial score (nSPS) is 12.1. The monoisotopic (exact) mass is 312 g/mol. The molecule has 0 aliphatic heterocycles. The summed E-state index contributed by atoms with van der Waals surface area (Å²) in [6.45, 7) is 9.23. The van der Waals surface area contributed by atoms with E-state index >= 15 is 0 Å². The lowest BCUT2D eigenvalue weighted by atomic mass is 10.2. The molecule has 0 spiro atoms. The van der Waals surface area contributed by atoms with Crippen LogP contribution in [0.25, 0.3) is 0 Å². The molecular formula is C16H26F2N4. The number of rotatable bonds is 7. The van der Waals surface area contributed by atoms with Crippen molar-refractivity contribution in [1.82, 2.24) is 15.5 Å². The van der Waals surface area contributed by atoms with Crippen LogP contribution in [0.3, 0.4) is 0 Å². The molecule has 1 aromatic rings. The van der Waals surface area contributed by atoms with E-state index in [1.807, 2.05) is 0 Å². The third-order valence-electron chi connectivity index (χ3n) is 3.51. The van der Waals surface area contributed by atoms with Crippen molar-refractivity contribution in [3.63, 3.8) is 0 Å². The maximum atomic E-state index is 13.5. The van der Waals surface area contributed by atoms with Crippen LogP contribution in [0, 0.1) is 11.6 Å². The lowest BCUT2D eigenvalue weighted by Crippen LogP contribution is -2.42. The van der Waals surface area contributed by atoms with Gasteiger partial charge in [-0.3, -0.25) is 9.89 Å². The second kappa shape index (κ2) is 9.35. The van der Waals surface area contributed by atoms with Gasteiger partial charge in [-0.05, 0) is 38.6 Å². The lowest BCUT2D eigenvalue weighted by molar-refractivity contribution is 0.237. The third kappa shape index (κ3) is 5.97. The van der Waals surface area contributed by atoms with Gasteiger partial charge < -0.3 is 10.6 Å². The van der Waals surface area contributed by atoms with Gasteiger partial charge in [-0.2, -0.15) is 0 Å². The van der Waals surface area contributed by atoms with E-state index in [-0.39, 0.29) is 12.1 Å². The molecule has 0 saturated carbocycles. The minimum atomic E-state index is -0.448. The molecule has 22 heavy (non-hydrogen) atoms. The standard InChI is InChI=1S/C16H26F2N4/c1-5-22(12(2)3)9-8-20-16(19-4)21-11-13-10-14(17)6-7-15(13)18/h6-7,10,12H,5,8-9,11H2,1-4H3,(H2,19,20,21). The molecule has 0 aliphatic rings. The summed E-state index contributed by atoms with van der Waals surface area (Å²) in [5, 5.41) is 6.16. The Morgan fingerprint density at radius 1 is 1.27 bits per heavy atom. The van der Waals surface area contributed by atoms with Gasteiger partial charge in [-0.25, -0.2) is 8.78 Å². The van der Waals surface area contributed by atoms with Crippen LogP contribution >= 0.6 is 0 Å². The van der Waals surface area contributed by atoms with Gasteiger partial charge in [0, 0.05) is 38.3 Å². The second-order valence-corrected chi connectivity index (χ2v) is 5.31. The minimum Gasteiger partial charge on any atom is -0.355 e. The van der Waals surface area contributed by atoms with Crippen LogP contribution in [0.2, 0.25) is 0 Å². The fourth-order valence-corrected chi connectivity index (χ4v) is 2.18. The number of likely N-dealkylation sites (N-methyl/N-ethyl adjacent to an activating group) is 1. The Labute approximate surface area is 131 Å². The summed E-state index contributed by atoms with van der Waals surface area (Å²) in [4.78, 5) is 6.41. The smallest absolute Gasteiger partial charge is 0.191 e. The Morgan fingerprint density at radius 3 is 2.59 bits per heavy atom. The van der Waals surface area contributed by atoms with Gasteiger partial charge in [-0.1, -0.05) is 6.92 Å². The van der Waals surface area contributed by atoms with Gasteiger partial charge in [-0.15, -0.1) is 0 Å². The third-order valence-corrected chi connectivity index (χ3v) is 3.51. The molecule has 0 unspecified atom stereocenters. The number of nitrogens with zero attached hydrogens (tertiary/aromatic N) is 2. The summed E-state index contributed by atoms with van der Waals surface area (Å²) in [7, 11) is 1.65. The summed E-state index contributed by atoms with van der Waals surface area (Å²) in [5.41, 5.74) is 0.278. The largest absolute Gasteiger partial charge is 0.355 e. The van der Waals surface area contributed by atoms with Crippen molar-refractivity contribution in [1.29, 1.82) is 0 Å². The topological polar surface area (TPSA) is 39.7 Å². The number of hydrogen-bond acceptors (Lipinski definition) is 2. The molecule has 0 bridgehead atoms.